The van der Waals surface area contributed by atoms with Gasteiger partial charge in [-0.25, -0.2) is 4.98 Å². The third-order valence-corrected chi connectivity index (χ3v) is 4.46. The standard InChI is InChI=1S/C18H14BrClN2O3/c1-11-2-4-14(20)16(8-11)25-17(23)6-7-22-10-21-15-5-3-12(19)9-13(15)18(22)24/h2-5,8-10H,6-7H2,1H3. The summed E-state index contributed by atoms with van der Waals surface area (Å²) in [6.07, 6.45) is 1.47. The van der Waals surface area contributed by atoms with Gasteiger partial charge in [-0.3, -0.25) is 14.2 Å². The number of benzene rings is 2. The molecule has 7 heteroatoms. The normalized spacial score (nSPS) is 10.8. The molecule has 1 heterocycles. The number of carbonyl (C=O) groups excluding carboxylic acids is 1. The second-order valence-corrected chi connectivity index (χ2v) is 6.89. The topological polar surface area (TPSA) is 61.2 Å². The van der Waals surface area contributed by atoms with Gasteiger partial charge in [-0.15, -0.1) is 0 Å². The van der Waals surface area contributed by atoms with Crippen LogP contribution in [-0.4, -0.2) is 15.5 Å². The van der Waals surface area contributed by atoms with Crippen LogP contribution in [0.15, 0.2) is 52.0 Å². The number of carbonyl (C=O) groups is 1. The summed E-state index contributed by atoms with van der Waals surface area (Å²) in [7, 11) is 0. The molecule has 0 aliphatic heterocycles. The Morgan fingerprint density at radius 2 is 2.08 bits per heavy atom. The number of rotatable bonds is 4. The maximum atomic E-state index is 12.5. The highest BCUT2D eigenvalue weighted by Crippen LogP contribution is 2.25. The molecule has 25 heavy (non-hydrogen) atoms. The van der Waals surface area contributed by atoms with Gasteiger partial charge in [0.15, 0.2) is 0 Å². The largest absolute Gasteiger partial charge is 0.425 e. The number of aryl methyl sites for hydroxylation is 2. The summed E-state index contributed by atoms with van der Waals surface area (Å²) in [6.45, 7) is 2.06. The van der Waals surface area contributed by atoms with E-state index < -0.39 is 5.97 Å². The molecular weight excluding hydrogens is 408 g/mol. The number of hydrogen-bond donors (Lipinski definition) is 0. The third kappa shape index (κ3) is 4.08. The number of aromatic nitrogens is 2. The second kappa shape index (κ2) is 7.37. The van der Waals surface area contributed by atoms with Gasteiger partial charge in [0.05, 0.1) is 28.7 Å². The maximum absolute atomic E-state index is 12.5. The van der Waals surface area contributed by atoms with Crippen molar-refractivity contribution in [3.8, 4) is 5.75 Å². The molecule has 0 radical (unpaired) electrons. The van der Waals surface area contributed by atoms with Crippen LogP contribution in [0.2, 0.25) is 5.02 Å². The van der Waals surface area contributed by atoms with Crippen molar-refractivity contribution in [1.82, 2.24) is 9.55 Å². The van der Waals surface area contributed by atoms with Crippen LogP contribution in [-0.2, 0) is 11.3 Å². The summed E-state index contributed by atoms with van der Waals surface area (Å²) < 4.78 is 7.47. The van der Waals surface area contributed by atoms with E-state index >= 15 is 0 Å². The Balaban J connectivity index is 1.74. The average molecular weight is 422 g/mol. The van der Waals surface area contributed by atoms with E-state index in [4.69, 9.17) is 16.3 Å². The molecule has 0 saturated carbocycles. The SMILES string of the molecule is Cc1ccc(Cl)c(OC(=O)CCn2cnc3ccc(Br)cc3c2=O)c1. The zero-order valence-electron chi connectivity index (χ0n) is 13.3. The lowest BCUT2D eigenvalue weighted by Crippen LogP contribution is -2.23. The Morgan fingerprint density at radius 3 is 2.88 bits per heavy atom. The smallest absolute Gasteiger partial charge is 0.313 e. The van der Waals surface area contributed by atoms with Gasteiger partial charge in [-0.1, -0.05) is 33.6 Å². The third-order valence-electron chi connectivity index (χ3n) is 3.65. The molecule has 3 aromatic rings. The highest BCUT2D eigenvalue weighted by Gasteiger charge is 2.11. The molecule has 0 aliphatic rings. The molecular formula is C18H14BrClN2O3. The number of ether oxygens (including phenoxy) is 1. The molecule has 0 unspecified atom stereocenters. The Kier molecular flexibility index (Phi) is 5.20. The van der Waals surface area contributed by atoms with E-state index in [2.05, 4.69) is 20.9 Å². The Labute approximate surface area is 157 Å². The first-order valence-corrected chi connectivity index (χ1v) is 8.72. The van der Waals surface area contributed by atoms with Crippen molar-refractivity contribution in [1.29, 1.82) is 0 Å². The molecule has 0 aliphatic carbocycles. The molecule has 0 spiro atoms. The molecule has 2 aromatic carbocycles. The fourth-order valence-corrected chi connectivity index (χ4v) is 2.88. The molecule has 0 fully saturated rings. The van der Waals surface area contributed by atoms with Crippen molar-refractivity contribution in [2.24, 2.45) is 0 Å². The summed E-state index contributed by atoms with van der Waals surface area (Å²) in [6, 6.07) is 10.5. The molecule has 0 N–H and O–H groups in total. The fraction of sp³-hybridized carbons (Fsp3) is 0.167. The number of esters is 1. The summed E-state index contributed by atoms with van der Waals surface area (Å²) >= 11 is 9.36. The van der Waals surface area contributed by atoms with Crippen LogP contribution in [0.5, 0.6) is 5.75 Å². The summed E-state index contributed by atoms with van der Waals surface area (Å²) in [5.41, 5.74) is 1.35. The van der Waals surface area contributed by atoms with E-state index in [0.717, 1.165) is 10.0 Å². The van der Waals surface area contributed by atoms with Gasteiger partial charge in [0.25, 0.3) is 5.56 Å². The van der Waals surface area contributed by atoms with E-state index in [1.807, 2.05) is 19.1 Å². The zero-order chi connectivity index (χ0) is 18.0. The number of fused-ring (bicyclic) bond motifs is 1. The molecule has 128 valence electrons. The maximum Gasteiger partial charge on any atom is 0.313 e. The van der Waals surface area contributed by atoms with Crippen LogP contribution >= 0.6 is 27.5 Å². The molecule has 3 rings (SSSR count). The lowest BCUT2D eigenvalue weighted by atomic mass is 10.2. The van der Waals surface area contributed by atoms with Gasteiger partial charge < -0.3 is 4.74 Å². The minimum Gasteiger partial charge on any atom is -0.425 e. The van der Waals surface area contributed by atoms with Crippen LogP contribution in [0, 0.1) is 6.92 Å². The first kappa shape index (κ1) is 17.6. The van der Waals surface area contributed by atoms with Crippen LogP contribution in [0.3, 0.4) is 0 Å². The zero-order valence-corrected chi connectivity index (χ0v) is 15.7. The lowest BCUT2D eigenvalue weighted by molar-refractivity contribution is -0.134. The van der Waals surface area contributed by atoms with Gasteiger partial charge in [0.1, 0.15) is 5.75 Å². The quantitative estimate of drug-likeness (QED) is 0.470. The Hall–Kier alpha value is -2.18. The van der Waals surface area contributed by atoms with E-state index in [-0.39, 0.29) is 18.5 Å². The summed E-state index contributed by atoms with van der Waals surface area (Å²) in [4.78, 5) is 28.8. The summed E-state index contributed by atoms with van der Waals surface area (Å²) in [5, 5.41) is 0.861. The van der Waals surface area contributed by atoms with Gasteiger partial charge >= 0.3 is 5.97 Å². The van der Waals surface area contributed by atoms with Crippen molar-refractivity contribution in [3.05, 3.63) is 68.1 Å². The number of hydrogen-bond acceptors (Lipinski definition) is 4. The van der Waals surface area contributed by atoms with Gasteiger partial charge in [-0.2, -0.15) is 0 Å². The average Bonchev–Trinajstić information content (AvgIpc) is 2.58. The predicted molar refractivity (Wildman–Crippen MR) is 100 cm³/mol. The van der Waals surface area contributed by atoms with Crippen molar-refractivity contribution < 1.29 is 9.53 Å². The lowest BCUT2D eigenvalue weighted by Gasteiger charge is -2.09. The van der Waals surface area contributed by atoms with Crippen molar-refractivity contribution in [2.75, 3.05) is 0 Å². The molecule has 0 bridgehead atoms. The number of nitrogens with zero attached hydrogens (tertiary/aromatic N) is 2. The molecule has 5 nitrogen and oxygen atoms in total. The number of halogens is 2. The van der Waals surface area contributed by atoms with E-state index in [0.29, 0.717) is 21.7 Å². The molecule has 1 aromatic heterocycles. The second-order valence-electron chi connectivity index (χ2n) is 5.56. The van der Waals surface area contributed by atoms with Crippen molar-refractivity contribution in [2.45, 2.75) is 19.9 Å². The first-order valence-electron chi connectivity index (χ1n) is 7.55. The Bertz CT molecular complexity index is 1020. The van der Waals surface area contributed by atoms with Crippen LogP contribution in [0.1, 0.15) is 12.0 Å². The van der Waals surface area contributed by atoms with Crippen LogP contribution in [0.4, 0.5) is 0 Å². The van der Waals surface area contributed by atoms with Gasteiger partial charge in [0, 0.05) is 11.0 Å². The fourth-order valence-electron chi connectivity index (χ4n) is 2.36. The highest BCUT2D eigenvalue weighted by molar-refractivity contribution is 9.10. The molecule has 0 atom stereocenters. The predicted octanol–water partition coefficient (Wildman–Crippen LogP) is 4.12. The van der Waals surface area contributed by atoms with Gasteiger partial charge in [0.2, 0.25) is 0 Å². The minimum atomic E-state index is -0.464. The first-order chi connectivity index (χ1) is 11.9. The van der Waals surface area contributed by atoms with Crippen molar-refractivity contribution in [3.63, 3.8) is 0 Å². The molecule has 0 saturated heterocycles. The molecule has 0 amide bonds. The Morgan fingerprint density at radius 1 is 1.28 bits per heavy atom. The minimum absolute atomic E-state index is 0.0331. The van der Waals surface area contributed by atoms with E-state index in [1.165, 1.54) is 10.9 Å². The van der Waals surface area contributed by atoms with Gasteiger partial charge in [-0.05, 0) is 42.8 Å². The van der Waals surface area contributed by atoms with E-state index in [9.17, 15) is 9.59 Å². The van der Waals surface area contributed by atoms with Crippen molar-refractivity contribution >= 4 is 44.4 Å². The van der Waals surface area contributed by atoms with Crippen LogP contribution < -0.4 is 10.3 Å². The van der Waals surface area contributed by atoms with E-state index in [1.54, 1.807) is 24.3 Å². The monoisotopic (exact) mass is 420 g/mol. The van der Waals surface area contributed by atoms with Crippen LogP contribution in [0.25, 0.3) is 10.9 Å². The summed E-state index contributed by atoms with van der Waals surface area (Å²) in [5.74, 6) is -0.145. The highest BCUT2D eigenvalue weighted by atomic mass is 79.9.